The average molecular weight is 518 g/mol. The highest BCUT2D eigenvalue weighted by Gasteiger charge is 2.10. The Morgan fingerprint density at radius 3 is 2.33 bits per heavy atom. The van der Waals surface area contributed by atoms with Crippen molar-refractivity contribution in [3.05, 3.63) is 82.9 Å². The maximum absolute atomic E-state index is 4.86. The van der Waals surface area contributed by atoms with Gasteiger partial charge < -0.3 is 15.2 Å². The SMILES string of the molecule is CCc1ccccc1CN=C(NCc1nnc(C)n1C)NC(C)c1ccccc1.I. The predicted octanol–water partition coefficient (Wildman–Crippen LogP) is 4.30. The molecule has 0 aliphatic heterocycles. The van der Waals surface area contributed by atoms with Crippen LogP contribution in [0.25, 0.3) is 0 Å². The summed E-state index contributed by atoms with van der Waals surface area (Å²) in [6, 6.07) is 19.0. The second-order valence-corrected chi connectivity index (χ2v) is 7.14. The Balaban J connectivity index is 0.00000320. The van der Waals surface area contributed by atoms with E-state index in [0.717, 1.165) is 24.0 Å². The fourth-order valence-electron chi connectivity index (χ4n) is 3.17. The van der Waals surface area contributed by atoms with Crippen LogP contribution in [0.15, 0.2) is 59.6 Å². The highest BCUT2D eigenvalue weighted by molar-refractivity contribution is 14.0. The van der Waals surface area contributed by atoms with Crippen molar-refractivity contribution in [1.82, 2.24) is 25.4 Å². The van der Waals surface area contributed by atoms with Gasteiger partial charge in [-0.05, 0) is 37.0 Å². The summed E-state index contributed by atoms with van der Waals surface area (Å²) in [5.41, 5.74) is 3.79. The van der Waals surface area contributed by atoms with Crippen LogP contribution in [0.1, 0.15) is 48.2 Å². The second kappa shape index (κ2) is 11.7. The third-order valence-electron chi connectivity index (χ3n) is 5.16. The fourth-order valence-corrected chi connectivity index (χ4v) is 3.17. The van der Waals surface area contributed by atoms with E-state index in [1.807, 2.05) is 24.6 Å². The largest absolute Gasteiger partial charge is 0.350 e. The molecule has 0 spiro atoms. The molecule has 0 radical (unpaired) electrons. The van der Waals surface area contributed by atoms with Gasteiger partial charge in [-0.2, -0.15) is 0 Å². The molecule has 0 amide bonds. The van der Waals surface area contributed by atoms with Crippen molar-refractivity contribution < 1.29 is 0 Å². The van der Waals surface area contributed by atoms with E-state index in [4.69, 9.17) is 4.99 Å². The van der Waals surface area contributed by atoms with E-state index in [-0.39, 0.29) is 30.0 Å². The molecule has 0 bridgehead atoms. The van der Waals surface area contributed by atoms with E-state index in [9.17, 15) is 0 Å². The molecule has 3 aromatic rings. The van der Waals surface area contributed by atoms with Crippen molar-refractivity contribution in [2.24, 2.45) is 12.0 Å². The molecule has 1 aromatic heterocycles. The summed E-state index contributed by atoms with van der Waals surface area (Å²) in [5, 5.41) is 15.3. The number of aryl methyl sites for hydroxylation is 2. The van der Waals surface area contributed by atoms with E-state index in [1.54, 1.807) is 0 Å². The number of nitrogens with zero attached hydrogens (tertiary/aromatic N) is 4. The van der Waals surface area contributed by atoms with Crippen LogP contribution < -0.4 is 10.6 Å². The number of guanidine groups is 1. The van der Waals surface area contributed by atoms with Crippen LogP contribution in [0.4, 0.5) is 0 Å². The Morgan fingerprint density at radius 2 is 1.70 bits per heavy atom. The third kappa shape index (κ3) is 6.29. The Morgan fingerprint density at radius 1 is 1.03 bits per heavy atom. The first kappa shape index (κ1) is 23.9. The maximum atomic E-state index is 4.86. The first-order valence-electron chi connectivity index (χ1n) is 10.1. The molecule has 3 rings (SSSR count). The van der Waals surface area contributed by atoms with E-state index in [2.05, 4.69) is 83.2 Å². The second-order valence-electron chi connectivity index (χ2n) is 7.14. The molecule has 30 heavy (non-hydrogen) atoms. The van der Waals surface area contributed by atoms with Gasteiger partial charge in [-0.25, -0.2) is 4.99 Å². The Bertz CT molecular complexity index is 951. The first-order chi connectivity index (χ1) is 14.1. The van der Waals surface area contributed by atoms with E-state index in [0.29, 0.717) is 13.1 Å². The highest BCUT2D eigenvalue weighted by atomic mass is 127. The van der Waals surface area contributed by atoms with Crippen molar-refractivity contribution in [2.45, 2.75) is 46.3 Å². The summed E-state index contributed by atoms with van der Waals surface area (Å²) in [5.74, 6) is 2.52. The molecular weight excluding hydrogens is 487 g/mol. The zero-order valence-electron chi connectivity index (χ0n) is 18.1. The number of benzene rings is 2. The van der Waals surface area contributed by atoms with Crippen LogP contribution in [-0.2, 0) is 26.6 Å². The van der Waals surface area contributed by atoms with Gasteiger partial charge in [0.1, 0.15) is 5.82 Å². The van der Waals surface area contributed by atoms with Crippen LogP contribution in [0.3, 0.4) is 0 Å². The molecule has 160 valence electrons. The lowest BCUT2D eigenvalue weighted by molar-refractivity contribution is 0.664. The number of aliphatic imine (C=N–C) groups is 1. The summed E-state index contributed by atoms with van der Waals surface area (Å²) in [6.45, 7) is 7.44. The number of halogens is 1. The normalized spacial score (nSPS) is 12.2. The molecule has 6 nitrogen and oxygen atoms in total. The Kier molecular flexibility index (Phi) is 9.29. The van der Waals surface area contributed by atoms with Gasteiger partial charge in [0.15, 0.2) is 11.8 Å². The number of nitrogens with one attached hydrogen (secondary N) is 2. The summed E-state index contributed by atoms with van der Waals surface area (Å²) in [7, 11) is 1.97. The van der Waals surface area contributed by atoms with Gasteiger partial charge in [-0.3, -0.25) is 0 Å². The van der Waals surface area contributed by atoms with Gasteiger partial charge >= 0.3 is 0 Å². The van der Waals surface area contributed by atoms with Crippen molar-refractivity contribution in [3.8, 4) is 0 Å². The third-order valence-corrected chi connectivity index (χ3v) is 5.16. The lowest BCUT2D eigenvalue weighted by atomic mass is 10.1. The lowest BCUT2D eigenvalue weighted by Crippen LogP contribution is -2.39. The number of aromatic nitrogens is 3. The van der Waals surface area contributed by atoms with Gasteiger partial charge in [0, 0.05) is 7.05 Å². The van der Waals surface area contributed by atoms with Crippen LogP contribution in [0, 0.1) is 6.92 Å². The van der Waals surface area contributed by atoms with Crippen molar-refractivity contribution in [2.75, 3.05) is 0 Å². The summed E-state index contributed by atoms with van der Waals surface area (Å²) < 4.78 is 1.98. The van der Waals surface area contributed by atoms with Crippen molar-refractivity contribution in [3.63, 3.8) is 0 Å². The minimum Gasteiger partial charge on any atom is -0.350 e. The quantitative estimate of drug-likeness (QED) is 0.278. The summed E-state index contributed by atoms with van der Waals surface area (Å²) in [4.78, 5) is 4.86. The topological polar surface area (TPSA) is 67.1 Å². The smallest absolute Gasteiger partial charge is 0.192 e. The van der Waals surface area contributed by atoms with Crippen LogP contribution >= 0.6 is 24.0 Å². The summed E-state index contributed by atoms with van der Waals surface area (Å²) in [6.07, 6.45) is 1.00. The van der Waals surface area contributed by atoms with Gasteiger partial charge in [0.05, 0.1) is 19.1 Å². The monoisotopic (exact) mass is 518 g/mol. The van der Waals surface area contributed by atoms with E-state index >= 15 is 0 Å². The molecule has 0 aliphatic carbocycles. The van der Waals surface area contributed by atoms with Crippen molar-refractivity contribution in [1.29, 1.82) is 0 Å². The van der Waals surface area contributed by atoms with Gasteiger partial charge in [-0.1, -0.05) is 61.5 Å². The van der Waals surface area contributed by atoms with E-state index < -0.39 is 0 Å². The van der Waals surface area contributed by atoms with Gasteiger partial charge in [-0.15, -0.1) is 34.2 Å². The number of hydrogen-bond donors (Lipinski definition) is 2. The molecule has 0 saturated carbocycles. The zero-order chi connectivity index (χ0) is 20.6. The number of rotatable bonds is 7. The molecule has 1 heterocycles. The molecule has 0 fully saturated rings. The van der Waals surface area contributed by atoms with Crippen LogP contribution in [0.2, 0.25) is 0 Å². The molecule has 1 atom stereocenters. The average Bonchev–Trinajstić information content (AvgIpc) is 3.08. The highest BCUT2D eigenvalue weighted by Crippen LogP contribution is 2.13. The van der Waals surface area contributed by atoms with E-state index in [1.165, 1.54) is 16.7 Å². The van der Waals surface area contributed by atoms with Crippen LogP contribution in [-0.4, -0.2) is 20.7 Å². The zero-order valence-corrected chi connectivity index (χ0v) is 20.4. The minimum absolute atomic E-state index is 0. The lowest BCUT2D eigenvalue weighted by Gasteiger charge is -2.19. The Hall–Kier alpha value is -2.42. The van der Waals surface area contributed by atoms with Gasteiger partial charge in [0.2, 0.25) is 0 Å². The molecule has 2 aromatic carbocycles. The first-order valence-corrected chi connectivity index (χ1v) is 10.1. The minimum atomic E-state index is 0. The number of hydrogen-bond acceptors (Lipinski definition) is 3. The standard InChI is InChI=1S/C23H30N6.HI/c1-5-19-11-9-10-14-21(19)15-24-23(25-16-22-28-27-18(3)29(22)4)26-17(2)20-12-7-6-8-13-20;/h6-14,17H,5,15-16H2,1-4H3,(H2,24,25,26);1H. The molecule has 0 aliphatic rings. The molecule has 0 saturated heterocycles. The molecular formula is C23H31IN6. The van der Waals surface area contributed by atoms with Crippen LogP contribution in [0.5, 0.6) is 0 Å². The molecule has 7 heteroatoms. The maximum Gasteiger partial charge on any atom is 0.192 e. The predicted molar refractivity (Wildman–Crippen MR) is 133 cm³/mol. The molecule has 2 N–H and O–H groups in total. The molecule has 1 unspecified atom stereocenters. The van der Waals surface area contributed by atoms with Gasteiger partial charge in [0.25, 0.3) is 0 Å². The summed E-state index contributed by atoms with van der Waals surface area (Å²) >= 11 is 0. The van der Waals surface area contributed by atoms with Crippen molar-refractivity contribution >= 4 is 29.9 Å². The Labute approximate surface area is 196 Å². The fraction of sp³-hybridized carbons (Fsp3) is 0.348.